The van der Waals surface area contributed by atoms with Gasteiger partial charge in [0.1, 0.15) is 5.82 Å². The summed E-state index contributed by atoms with van der Waals surface area (Å²) in [6.07, 6.45) is 0. The van der Waals surface area contributed by atoms with Crippen LogP contribution < -0.4 is 10.6 Å². The van der Waals surface area contributed by atoms with Crippen LogP contribution in [0.15, 0.2) is 48.5 Å². The van der Waals surface area contributed by atoms with Gasteiger partial charge in [0.05, 0.1) is 0 Å². The Kier molecular flexibility index (Phi) is 4.19. The van der Waals surface area contributed by atoms with Crippen LogP contribution in [0.3, 0.4) is 0 Å². The van der Waals surface area contributed by atoms with Gasteiger partial charge in [0.2, 0.25) is 11.9 Å². The summed E-state index contributed by atoms with van der Waals surface area (Å²) in [5, 5.41) is 6.44. The summed E-state index contributed by atoms with van der Waals surface area (Å²) in [6, 6.07) is 16.2. The van der Waals surface area contributed by atoms with Crippen LogP contribution in [0.4, 0.5) is 23.3 Å². The lowest BCUT2D eigenvalue weighted by atomic mass is 10.2. The number of aryl methyl sites for hydroxylation is 3. The quantitative estimate of drug-likeness (QED) is 0.753. The molecule has 0 fully saturated rings. The zero-order valence-corrected chi connectivity index (χ0v) is 13.5. The van der Waals surface area contributed by atoms with E-state index in [4.69, 9.17) is 0 Å². The molecule has 5 nitrogen and oxygen atoms in total. The van der Waals surface area contributed by atoms with E-state index < -0.39 is 0 Å². The maximum absolute atomic E-state index is 4.44. The predicted octanol–water partition coefficient (Wildman–Crippen LogP) is 4.28. The van der Waals surface area contributed by atoms with Gasteiger partial charge in [-0.2, -0.15) is 15.0 Å². The van der Waals surface area contributed by atoms with Crippen molar-refractivity contribution in [3.8, 4) is 0 Å². The third-order valence-electron chi connectivity index (χ3n) is 3.30. The molecule has 3 aromatic rings. The van der Waals surface area contributed by atoms with Crippen LogP contribution in [0.2, 0.25) is 0 Å². The van der Waals surface area contributed by atoms with E-state index in [-0.39, 0.29) is 0 Å². The summed E-state index contributed by atoms with van der Waals surface area (Å²) >= 11 is 0. The Hall–Kier alpha value is -2.95. The molecular weight excluding hydrogens is 286 g/mol. The van der Waals surface area contributed by atoms with Crippen molar-refractivity contribution in [2.45, 2.75) is 20.8 Å². The van der Waals surface area contributed by atoms with E-state index in [1.807, 2.05) is 43.3 Å². The minimum Gasteiger partial charge on any atom is -0.324 e. The fourth-order valence-corrected chi connectivity index (χ4v) is 2.30. The number of rotatable bonds is 4. The van der Waals surface area contributed by atoms with Crippen LogP contribution in [0, 0.1) is 20.8 Å². The minimum atomic E-state index is 0.526. The third-order valence-corrected chi connectivity index (χ3v) is 3.30. The Labute approximate surface area is 135 Å². The molecule has 0 aliphatic carbocycles. The standard InChI is InChI=1S/C18H19N5/c1-12-6-4-8-15(10-12)21-17-19-14(3)20-18(23-17)22-16-9-5-7-13(2)11-16/h4-11H,1-3H3,(H2,19,20,21,22,23). The Balaban J connectivity index is 1.84. The van der Waals surface area contributed by atoms with E-state index in [0.29, 0.717) is 17.7 Å². The third kappa shape index (κ3) is 4.03. The summed E-state index contributed by atoms with van der Waals surface area (Å²) in [4.78, 5) is 13.1. The molecule has 0 spiro atoms. The molecule has 0 unspecified atom stereocenters. The molecule has 3 rings (SSSR count). The summed E-state index contributed by atoms with van der Waals surface area (Å²) < 4.78 is 0. The highest BCUT2D eigenvalue weighted by Crippen LogP contribution is 2.18. The van der Waals surface area contributed by atoms with Crippen molar-refractivity contribution in [2.24, 2.45) is 0 Å². The number of nitrogens with one attached hydrogen (secondary N) is 2. The van der Waals surface area contributed by atoms with Gasteiger partial charge in [-0.15, -0.1) is 0 Å². The van der Waals surface area contributed by atoms with Gasteiger partial charge in [-0.3, -0.25) is 0 Å². The van der Waals surface area contributed by atoms with Crippen molar-refractivity contribution in [1.29, 1.82) is 0 Å². The van der Waals surface area contributed by atoms with Gasteiger partial charge >= 0.3 is 0 Å². The number of hydrogen-bond acceptors (Lipinski definition) is 5. The second kappa shape index (κ2) is 6.44. The Bertz CT molecular complexity index is 763. The fourth-order valence-electron chi connectivity index (χ4n) is 2.30. The second-order valence-electron chi connectivity index (χ2n) is 5.52. The molecule has 116 valence electrons. The number of nitrogens with zero attached hydrogens (tertiary/aromatic N) is 3. The van der Waals surface area contributed by atoms with Crippen molar-refractivity contribution in [2.75, 3.05) is 10.6 Å². The normalized spacial score (nSPS) is 10.4. The number of benzene rings is 2. The van der Waals surface area contributed by atoms with E-state index in [2.05, 4.69) is 51.6 Å². The largest absolute Gasteiger partial charge is 0.324 e. The zero-order valence-electron chi connectivity index (χ0n) is 13.5. The smallest absolute Gasteiger partial charge is 0.232 e. The second-order valence-corrected chi connectivity index (χ2v) is 5.52. The van der Waals surface area contributed by atoms with E-state index in [1.165, 1.54) is 11.1 Å². The number of hydrogen-bond donors (Lipinski definition) is 2. The molecule has 0 atom stereocenters. The van der Waals surface area contributed by atoms with Gasteiger partial charge in [0, 0.05) is 11.4 Å². The molecule has 2 N–H and O–H groups in total. The predicted molar refractivity (Wildman–Crippen MR) is 93.5 cm³/mol. The van der Waals surface area contributed by atoms with Gasteiger partial charge in [-0.25, -0.2) is 0 Å². The lowest BCUT2D eigenvalue weighted by Gasteiger charge is -2.09. The van der Waals surface area contributed by atoms with E-state index >= 15 is 0 Å². The molecule has 0 aliphatic heterocycles. The van der Waals surface area contributed by atoms with Crippen LogP contribution in [-0.4, -0.2) is 15.0 Å². The SMILES string of the molecule is Cc1cccc(Nc2nc(C)nc(Nc3cccc(C)c3)n2)c1. The van der Waals surface area contributed by atoms with E-state index in [1.54, 1.807) is 0 Å². The van der Waals surface area contributed by atoms with Crippen molar-refractivity contribution in [3.05, 3.63) is 65.5 Å². The average Bonchev–Trinajstić information content (AvgIpc) is 2.46. The molecule has 5 heteroatoms. The molecule has 0 saturated heterocycles. The zero-order chi connectivity index (χ0) is 16.2. The van der Waals surface area contributed by atoms with Gasteiger partial charge in [-0.05, 0) is 56.2 Å². The monoisotopic (exact) mass is 305 g/mol. The first-order valence-corrected chi connectivity index (χ1v) is 7.48. The highest BCUT2D eigenvalue weighted by Gasteiger charge is 2.05. The first-order chi connectivity index (χ1) is 11.1. The maximum Gasteiger partial charge on any atom is 0.232 e. The summed E-state index contributed by atoms with van der Waals surface area (Å²) in [5.74, 6) is 1.71. The van der Waals surface area contributed by atoms with Crippen molar-refractivity contribution in [3.63, 3.8) is 0 Å². The molecule has 1 aromatic heterocycles. The Morgan fingerprint density at radius 1 is 0.652 bits per heavy atom. The topological polar surface area (TPSA) is 62.7 Å². The lowest BCUT2D eigenvalue weighted by molar-refractivity contribution is 0.989. The first kappa shape index (κ1) is 15.0. The molecule has 0 amide bonds. The van der Waals surface area contributed by atoms with Crippen LogP contribution in [0.25, 0.3) is 0 Å². The summed E-state index contributed by atoms with van der Waals surface area (Å²) in [5.41, 5.74) is 4.27. The molecule has 0 saturated carbocycles. The number of aromatic nitrogens is 3. The van der Waals surface area contributed by atoms with Crippen LogP contribution in [0.1, 0.15) is 17.0 Å². The van der Waals surface area contributed by atoms with Gasteiger partial charge in [0.25, 0.3) is 0 Å². The Morgan fingerprint density at radius 3 is 1.57 bits per heavy atom. The average molecular weight is 305 g/mol. The molecule has 0 bridgehead atoms. The summed E-state index contributed by atoms with van der Waals surface area (Å²) in [6.45, 7) is 5.95. The summed E-state index contributed by atoms with van der Waals surface area (Å²) in [7, 11) is 0. The van der Waals surface area contributed by atoms with Gasteiger partial charge in [0.15, 0.2) is 0 Å². The van der Waals surface area contributed by atoms with E-state index in [0.717, 1.165) is 11.4 Å². The molecule has 1 heterocycles. The van der Waals surface area contributed by atoms with Crippen molar-refractivity contribution >= 4 is 23.3 Å². The maximum atomic E-state index is 4.44. The van der Waals surface area contributed by atoms with Crippen molar-refractivity contribution < 1.29 is 0 Å². The van der Waals surface area contributed by atoms with Crippen LogP contribution in [-0.2, 0) is 0 Å². The molecule has 0 radical (unpaired) electrons. The molecular formula is C18H19N5. The number of anilines is 4. The lowest BCUT2D eigenvalue weighted by Crippen LogP contribution is -2.05. The van der Waals surface area contributed by atoms with Crippen LogP contribution >= 0.6 is 0 Å². The van der Waals surface area contributed by atoms with Crippen LogP contribution in [0.5, 0.6) is 0 Å². The Morgan fingerprint density at radius 2 is 1.13 bits per heavy atom. The first-order valence-electron chi connectivity index (χ1n) is 7.48. The highest BCUT2D eigenvalue weighted by molar-refractivity contribution is 5.58. The van der Waals surface area contributed by atoms with E-state index in [9.17, 15) is 0 Å². The minimum absolute atomic E-state index is 0.526. The molecule has 23 heavy (non-hydrogen) atoms. The molecule has 0 aliphatic rings. The van der Waals surface area contributed by atoms with Gasteiger partial charge in [-0.1, -0.05) is 24.3 Å². The van der Waals surface area contributed by atoms with Crippen molar-refractivity contribution in [1.82, 2.24) is 15.0 Å². The van der Waals surface area contributed by atoms with Gasteiger partial charge < -0.3 is 10.6 Å². The highest BCUT2D eigenvalue weighted by atomic mass is 15.2. The fraction of sp³-hybridized carbons (Fsp3) is 0.167. The molecule has 2 aromatic carbocycles.